The monoisotopic (exact) mass is 444 g/mol. The Kier molecular flexibility index (Phi) is 4.86. The van der Waals surface area contributed by atoms with Crippen LogP contribution in [0.2, 0.25) is 5.02 Å². The summed E-state index contributed by atoms with van der Waals surface area (Å²) in [5.74, 6) is 0. The van der Waals surface area contributed by atoms with Gasteiger partial charge in [0.2, 0.25) is 0 Å². The van der Waals surface area contributed by atoms with Crippen LogP contribution in [0.1, 0.15) is 0 Å². The van der Waals surface area contributed by atoms with Gasteiger partial charge in [-0.1, -0.05) is 90.5 Å². The summed E-state index contributed by atoms with van der Waals surface area (Å²) >= 11 is 6.76. The number of anilines is 2. The summed E-state index contributed by atoms with van der Waals surface area (Å²) in [5.41, 5.74) is 7.69. The van der Waals surface area contributed by atoms with Crippen molar-refractivity contribution >= 4 is 44.8 Å². The molecule has 0 unspecified atom stereocenters. The molecule has 33 heavy (non-hydrogen) atoms. The lowest BCUT2D eigenvalue weighted by atomic mass is 10.1. The second-order valence-corrected chi connectivity index (χ2v) is 8.51. The quantitative estimate of drug-likeness (QED) is 0.287. The van der Waals surface area contributed by atoms with Crippen molar-refractivity contribution in [1.82, 2.24) is 4.57 Å². The molecule has 5 aromatic carbocycles. The van der Waals surface area contributed by atoms with E-state index in [4.69, 9.17) is 11.6 Å². The van der Waals surface area contributed by atoms with Gasteiger partial charge in [-0.05, 0) is 53.6 Å². The van der Waals surface area contributed by atoms with Crippen molar-refractivity contribution in [2.45, 2.75) is 0 Å². The van der Waals surface area contributed by atoms with Gasteiger partial charge >= 0.3 is 0 Å². The highest BCUT2D eigenvalue weighted by molar-refractivity contribution is 6.35. The lowest BCUT2D eigenvalue weighted by Gasteiger charge is -2.12. The predicted octanol–water partition coefficient (Wildman–Crippen LogP) is 8.85. The van der Waals surface area contributed by atoms with Gasteiger partial charge < -0.3 is 9.88 Å². The molecule has 3 heteroatoms. The lowest BCUT2D eigenvalue weighted by Crippen LogP contribution is -1.95. The molecule has 0 saturated heterocycles. The summed E-state index contributed by atoms with van der Waals surface area (Å²) in [6.45, 7) is 0. The third-order valence-electron chi connectivity index (χ3n) is 6.05. The molecule has 0 amide bonds. The molecular formula is C30H21ClN2. The van der Waals surface area contributed by atoms with E-state index in [2.05, 4.69) is 119 Å². The Bertz CT molecular complexity index is 1570. The van der Waals surface area contributed by atoms with Gasteiger partial charge in [0.1, 0.15) is 0 Å². The molecule has 0 bridgehead atoms. The molecule has 0 atom stereocenters. The minimum Gasteiger partial charge on any atom is -0.354 e. The van der Waals surface area contributed by atoms with Crippen molar-refractivity contribution in [3.8, 4) is 16.8 Å². The summed E-state index contributed by atoms with van der Waals surface area (Å²) in [6, 6.07) is 42.0. The Morgan fingerprint density at radius 1 is 0.545 bits per heavy atom. The zero-order valence-corrected chi connectivity index (χ0v) is 18.6. The summed E-state index contributed by atoms with van der Waals surface area (Å²) in [7, 11) is 0. The fourth-order valence-corrected chi connectivity index (χ4v) is 4.68. The van der Waals surface area contributed by atoms with E-state index in [1.165, 1.54) is 22.0 Å². The Labute approximate surface area is 197 Å². The summed E-state index contributed by atoms with van der Waals surface area (Å²) in [4.78, 5) is 0. The predicted molar refractivity (Wildman–Crippen MR) is 141 cm³/mol. The molecule has 6 rings (SSSR count). The first-order valence-electron chi connectivity index (χ1n) is 11.0. The van der Waals surface area contributed by atoms with Crippen LogP contribution in [0, 0.1) is 0 Å². The standard InChI is InChI=1S/C30H21ClN2/c31-27-19-26-25-13-7-8-14-29(25)33(24-11-5-2-6-12-24)30(26)20-28(27)32-23-17-15-22(16-18-23)21-9-3-1-4-10-21/h1-20,32H. The number of hydrogen-bond acceptors (Lipinski definition) is 1. The Balaban J connectivity index is 1.45. The smallest absolute Gasteiger partial charge is 0.0648 e. The van der Waals surface area contributed by atoms with Crippen LogP contribution < -0.4 is 5.32 Å². The van der Waals surface area contributed by atoms with Crippen LogP contribution in [0.15, 0.2) is 121 Å². The summed E-state index contributed by atoms with van der Waals surface area (Å²) < 4.78 is 2.30. The zero-order chi connectivity index (χ0) is 22.2. The molecule has 1 aromatic heterocycles. The minimum atomic E-state index is 0.700. The SMILES string of the molecule is Clc1cc2c3ccccc3n(-c3ccccc3)c2cc1Nc1ccc(-c2ccccc2)cc1. The average molecular weight is 445 g/mol. The van der Waals surface area contributed by atoms with Gasteiger partial charge in [-0.2, -0.15) is 0 Å². The maximum atomic E-state index is 6.76. The van der Waals surface area contributed by atoms with Gasteiger partial charge in [-0.25, -0.2) is 0 Å². The van der Waals surface area contributed by atoms with E-state index in [9.17, 15) is 0 Å². The van der Waals surface area contributed by atoms with E-state index in [-0.39, 0.29) is 0 Å². The van der Waals surface area contributed by atoms with Gasteiger partial charge in [0.05, 0.1) is 21.7 Å². The van der Waals surface area contributed by atoms with Crippen molar-refractivity contribution in [2.24, 2.45) is 0 Å². The van der Waals surface area contributed by atoms with Crippen LogP contribution in [0.4, 0.5) is 11.4 Å². The first kappa shape index (κ1) is 19.7. The van der Waals surface area contributed by atoms with E-state index >= 15 is 0 Å². The second kappa shape index (κ2) is 8.16. The molecule has 0 aliphatic heterocycles. The number of nitrogens with one attached hydrogen (secondary N) is 1. The fraction of sp³-hybridized carbons (Fsp3) is 0. The van der Waals surface area contributed by atoms with E-state index in [1.807, 2.05) is 12.1 Å². The Hall–Kier alpha value is -4.01. The maximum Gasteiger partial charge on any atom is 0.0648 e. The average Bonchev–Trinajstić information content (AvgIpc) is 3.19. The van der Waals surface area contributed by atoms with Crippen molar-refractivity contribution in [3.05, 3.63) is 126 Å². The van der Waals surface area contributed by atoms with E-state index < -0.39 is 0 Å². The zero-order valence-electron chi connectivity index (χ0n) is 17.9. The van der Waals surface area contributed by atoms with Crippen molar-refractivity contribution in [1.29, 1.82) is 0 Å². The molecular weight excluding hydrogens is 424 g/mol. The van der Waals surface area contributed by atoms with Gasteiger partial charge in [0, 0.05) is 22.1 Å². The molecule has 1 N–H and O–H groups in total. The van der Waals surface area contributed by atoms with Crippen molar-refractivity contribution in [2.75, 3.05) is 5.32 Å². The third-order valence-corrected chi connectivity index (χ3v) is 6.36. The van der Waals surface area contributed by atoms with E-state index in [0.29, 0.717) is 5.02 Å². The molecule has 0 fully saturated rings. The van der Waals surface area contributed by atoms with Gasteiger partial charge in [-0.15, -0.1) is 0 Å². The summed E-state index contributed by atoms with van der Waals surface area (Å²) in [5, 5.41) is 6.56. The molecule has 0 aliphatic rings. The second-order valence-electron chi connectivity index (χ2n) is 8.11. The first-order valence-corrected chi connectivity index (χ1v) is 11.4. The maximum absolute atomic E-state index is 6.76. The largest absolute Gasteiger partial charge is 0.354 e. The van der Waals surface area contributed by atoms with Gasteiger partial charge in [0.15, 0.2) is 0 Å². The van der Waals surface area contributed by atoms with Crippen LogP contribution >= 0.6 is 11.6 Å². The number of benzene rings is 5. The lowest BCUT2D eigenvalue weighted by molar-refractivity contribution is 1.18. The fourth-order valence-electron chi connectivity index (χ4n) is 4.47. The van der Waals surface area contributed by atoms with Crippen molar-refractivity contribution < 1.29 is 0 Å². The number of halogens is 1. The summed E-state index contributed by atoms with van der Waals surface area (Å²) in [6.07, 6.45) is 0. The molecule has 0 saturated carbocycles. The first-order chi connectivity index (χ1) is 16.3. The van der Waals surface area contributed by atoms with Crippen LogP contribution in [0.5, 0.6) is 0 Å². The normalized spacial score (nSPS) is 11.2. The Morgan fingerprint density at radius 3 is 1.94 bits per heavy atom. The number of nitrogens with zero attached hydrogens (tertiary/aromatic N) is 1. The molecule has 1 heterocycles. The number of rotatable bonds is 4. The Morgan fingerprint density at radius 2 is 1.18 bits per heavy atom. The molecule has 0 spiro atoms. The van der Waals surface area contributed by atoms with Crippen LogP contribution in [0.25, 0.3) is 38.6 Å². The topological polar surface area (TPSA) is 17.0 Å². The number of hydrogen-bond donors (Lipinski definition) is 1. The molecule has 0 aliphatic carbocycles. The third kappa shape index (κ3) is 3.55. The highest BCUT2D eigenvalue weighted by Crippen LogP contribution is 2.38. The molecule has 6 aromatic rings. The molecule has 158 valence electrons. The van der Waals surface area contributed by atoms with E-state index in [0.717, 1.165) is 28.0 Å². The number of para-hydroxylation sites is 2. The van der Waals surface area contributed by atoms with Crippen LogP contribution in [-0.4, -0.2) is 4.57 Å². The van der Waals surface area contributed by atoms with Crippen LogP contribution in [-0.2, 0) is 0 Å². The van der Waals surface area contributed by atoms with Gasteiger partial charge in [-0.3, -0.25) is 0 Å². The van der Waals surface area contributed by atoms with Gasteiger partial charge in [0.25, 0.3) is 0 Å². The van der Waals surface area contributed by atoms with E-state index in [1.54, 1.807) is 0 Å². The highest BCUT2D eigenvalue weighted by atomic mass is 35.5. The van der Waals surface area contributed by atoms with Crippen LogP contribution in [0.3, 0.4) is 0 Å². The highest BCUT2D eigenvalue weighted by Gasteiger charge is 2.14. The minimum absolute atomic E-state index is 0.700. The van der Waals surface area contributed by atoms with Crippen molar-refractivity contribution in [3.63, 3.8) is 0 Å². The molecule has 2 nitrogen and oxygen atoms in total. The number of fused-ring (bicyclic) bond motifs is 3. The molecule has 0 radical (unpaired) electrons. The number of aromatic nitrogens is 1.